The van der Waals surface area contributed by atoms with Gasteiger partial charge in [-0.15, -0.1) is 0 Å². The first-order valence-electron chi connectivity index (χ1n) is 14.1. The van der Waals surface area contributed by atoms with Crippen molar-refractivity contribution in [1.29, 1.82) is 0 Å². The molecule has 4 aromatic rings. The molecule has 1 aliphatic rings. The lowest BCUT2D eigenvalue weighted by molar-refractivity contribution is 0.0374. The number of sulfone groups is 1. The zero-order chi connectivity index (χ0) is 31.4. The number of carbonyl (C=O) groups is 2. The van der Waals surface area contributed by atoms with E-state index >= 15 is 0 Å². The van der Waals surface area contributed by atoms with Crippen LogP contribution in [0.25, 0.3) is 21.9 Å². The first kappa shape index (κ1) is 31.4. The Hall–Kier alpha value is -4.03. The summed E-state index contributed by atoms with van der Waals surface area (Å²) < 4.78 is 30.3. The van der Waals surface area contributed by atoms with Crippen LogP contribution in [0.4, 0.5) is 0 Å². The smallest absolute Gasteiger partial charge is 0.353 e. The van der Waals surface area contributed by atoms with Gasteiger partial charge in [-0.05, 0) is 71.9 Å². The predicted molar refractivity (Wildman–Crippen MR) is 168 cm³/mol. The van der Waals surface area contributed by atoms with Crippen molar-refractivity contribution in [1.82, 2.24) is 14.8 Å². The Morgan fingerprint density at radius 2 is 1.73 bits per heavy atom. The van der Waals surface area contributed by atoms with Crippen LogP contribution in [0.3, 0.4) is 0 Å². The van der Waals surface area contributed by atoms with Gasteiger partial charge in [0.1, 0.15) is 5.69 Å². The lowest BCUT2D eigenvalue weighted by Crippen LogP contribution is -2.38. The lowest BCUT2D eigenvalue weighted by atomic mass is 9.95. The maximum absolute atomic E-state index is 13.7. The summed E-state index contributed by atoms with van der Waals surface area (Å²) >= 11 is 6.31. The SMILES string of the molecule is CS(=O)(=O)c1ccc(Cn2c(C(=O)O)c(-c3cccc(C(=O)NCCCN4CCOCC4)c3)c3cc(Cl)ccc3c2=O)cc1. The normalized spacial score (nSPS) is 14.0. The number of nitrogens with zero attached hydrogens (tertiary/aromatic N) is 2. The van der Waals surface area contributed by atoms with Crippen LogP contribution in [0.2, 0.25) is 5.02 Å². The predicted octanol–water partition coefficient (Wildman–Crippen LogP) is 3.92. The van der Waals surface area contributed by atoms with E-state index in [4.69, 9.17) is 16.3 Å². The molecule has 0 unspecified atom stereocenters. The molecule has 0 atom stereocenters. The average molecular weight is 638 g/mol. The number of carbonyl (C=O) groups excluding carboxylic acids is 1. The fourth-order valence-electron chi connectivity index (χ4n) is 5.36. The van der Waals surface area contributed by atoms with Crippen molar-refractivity contribution in [2.24, 2.45) is 0 Å². The molecule has 1 fully saturated rings. The fourth-order valence-corrected chi connectivity index (χ4v) is 6.16. The molecule has 2 N–H and O–H groups in total. The Bertz CT molecular complexity index is 1880. The van der Waals surface area contributed by atoms with Crippen molar-refractivity contribution in [3.05, 3.63) is 98.9 Å². The van der Waals surface area contributed by atoms with Crippen LogP contribution in [-0.4, -0.2) is 80.5 Å². The van der Waals surface area contributed by atoms with Gasteiger partial charge in [0, 0.05) is 47.4 Å². The summed E-state index contributed by atoms with van der Waals surface area (Å²) in [5, 5.41) is 14.3. The van der Waals surface area contributed by atoms with E-state index in [-0.39, 0.29) is 34.0 Å². The van der Waals surface area contributed by atoms with E-state index in [2.05, 4.69) is 10.2 Å². The molecular formula is C32H32ClN3O7S. The molecule has 230 valence electrons. The molecule has 0 spiro atoms. The van der Waals surface area contributed by atoms with Gasteiger partial charge in [-0.2, -0.15) is 0 Å². The van der Waals surface area contributed by atoms with E-state index < -0.39 is 21.4 Å². The summed E-state index contributed by atoms with van der Waals surface area (Å²) in [6, 6.07) is 17.2. The van der Waals surface area contributed by atoms with Gasteiger partial charge in [0.2, 0.25) is 0 Å². The number of ether oxygens (including phenoxy) is 1. The molecule has 1 aliphatic heterocycles. The molecule has 12 heteroatoms. The molecule has 1 saturated heterocycles. The number of aromatic nitrogens is 1. The Labute approximate surface area is 259 Å². The number of rotatable bonds is 10. The highest BCUT2D eigenvalue weighted by molar-refractivity contribution is 7.90. The molecule has 0 saturated carbocycles. The zero-order valence-corrected chi connectivity index (χ0v) is 25.7. The maximum Gasteiger partial charge on any atom is 0.353 e. The largest absolute Gasteiger partial charge is 0.477 e. The van der Waals surface area contributed by atoms with Gasteiger partial charge in [0.15, 0.2) is 9.84 Å². The van der Waals surface area contributed by atoms with Crippen molar-refractivity contribution in [2.75, 3.05) is 45.6 Å². The summed E-state index contributed by atoms with van der Waals surface area (Å²) in [6.07, 6.45) is 1.86. The highest BCUT2D eigenvalue weighted by Crippen LogP contribution is 2.33. The van der Waals surface area contributed by atoms with Crippen LogP contribution in [0, 0.1) is 0 Å². The Kier molecular flexibility index (Phi) is 9.50. The number of carboxylic acids is 1. The standard InChI is InChI=1S/C32H32ClN3O7S/c1-44(41,42)25-9-6-21(7-10-25)20-36-29(32(39)40)28(27-19-24(33)8-11-26(27)31(36)38)22-4-2-5-23(18-22)30(37)34-12-3-13-35-14-16-43-17-15-35/h2,4-11,18-19H,3,12-17,20H2,1H3,(H,34,37)(H,39,40). The summed E-state index contributed by atoms with van der Waals surface area (Å²) in [5.74, 6) is -1.64. The Morgan fingerprint density at radius 1 is 1.00 bits per heavy atom. The first-order chi connectivity index (χ1) is 21.0. The van der Waals surface area contributed by atoms with Gasteiger partial charge in [0.25, 0.3) is 11.5 Å². The van der Waals surface area contributed by atoms with Crippen molar-refractivity contribution in [3.8, 4) is 11.1 Å². The Morgan fingerprint density at radius 3 is 2.41 bits per heavy atom. The molecule has 44 heavy (non-hydrogen) atoms. The average Bonchev–Trinajstić information content (AvgIpc) is 3.00. The third kappa shape index (κ3) is 7.02. The second-order valence-corrected chi connectivity index (χ2v) is 13.1. The molecule has 0 radical (unpaired) electrons. The Balaban J connectivity index is 1.52. The second-order valence-electron chi connectivity index (χ2n) is 10.7. The van der Waals surface area contributed by atoms with E-state index in [0.29, 0.717) is 46.9 Å². The van der Waals surface area contributed by atoms with Crippen LogP contribution in [0.5, 0.6) is 0 Å². The fraction of sp³-hybridized carbons (Fsp3) is 0.281. The minimum Gasteiger partial charge on any atom is -0.477 e. The van der Waals surface area contributed by atoms with Crippen LogP contribution < -0.4 is 10.9 Å². The van der Waals surface area contributed by atoms with Crippen LogP contribution >= 0.6 is 11.6 Å². The molecule has 5 rings (SSSR count). The van der Waals surface area contributed by atoms with Gasteiger partial charge in [-0.1, -0.05) is 35.9 Å². The summed E-state index contributed by atoms with van der Waals surface area (Å²) in [7, 11) is -3.44. The molecule has 10 nitrogen and oxygen atoms in total. The molecule has 3 aromatic carbocycles. The van der Waals surface area contributed by atoms with Gasteiger partial charge in [0.05, 0.1) is 24.7 Å². The maximum atomic E-state index is 13.7. The number of pyridine rings is 1. The molecule has 0 bridgehead atoms. The van der Waals surface area contributed by atoms with Crippen molar-refractivity contribution >= 4 is 44.1 Å². The van der Waals surface area contributed by atoms with Crippen LogP contribution in [-0.2, 0) is 21.1 Å². The highest BCUT2D eigenvalue weighted by atomic mass is 35.5. The van der Waals surface area contributed by atoms with Gasteiger partial charge < -0.3 is 15.2 Å². The van der Waals surface area contributed by atoms with Crippen molar-refractivity contribution in [3.63, 3.8) is 0 Å². The number of fused-ring (bicyclic) bond motifs is 1. The zero-order valence-electron chi connectivity index (χ0n) is 24.1. The van der Waals surface area contributed by atoms with E-state index in [0.717, 1.165) is 36.9 Å². The van der Waals surface area contributed by atoms with Crippen molar-refractivity contribution in [2.45, 2.75) is 17.9 Å². The van der Waals surface area contributed by atoms with Crippen molar-refractivity contribution < 1.29 is 27.9 Å². The van der Waals surface area contributed by atoms with Crippen LogP contribution in [0.15, 0.2) is 76.4 Å². The number of amides is 1. The van der Waals surface area contributed by atoms with Gasteiger partial charge >= 0.3 is 5.97 Å². The number of carboxylic acid groups (broad SMARTS) is 1. The third-order valence-electron chi connectivity index (χ3n) is 7.58. The molecular weight excluding hydrogens is 606 g/mol. The quantitative estimate of drug-likeness (QED) is 0.250. The van der Waals surface area contributed by atoms with Crippen LogP contribution in [0.1, 0.15) is 32.8 Å². The van der Waals surface area contributed by atoms with Gasteiger partial charge in [-0.3, -0.25) is 19.1 Å². The molecule has 1 aromatic heterocycles. The molecule has 2 heterocycles. The number of morpholine rings is 1. The summed E-state index contributed by atoms with van der Waals surface area (Å²) in [5.41, 5.74) is 0.723. The summed E-state index contributed by atoms with van der Waals surface area (Å²) in [6.45, 7) is 4.35. The highest BCUT2D eigenvalue weighted by Gasteiger charge is 2.24. The molecule has 1 amide bonds. The first-order valence-corrected chi connectivity index (χ1v) is 16.4. The summed E-state index contributed by atoms with van der Waals surface area (Å²) in [4.78, 5) is 42.0. The van der Waals surface area contributed by atoms with E-state index in [1.807, 2.05) is 0 Å². The lowest BCUT2D eigenvalue weighted by Gasteiger charge is -2.26. The topological polar surface area (TPSA) is 135 Å². The number of benzene rings is 3. The minimum absolute atomic E-state index is 0.108. The van der Waals surface area contributed by atoms with E-state index in [1.54, 1.807) is 54.6 Å². The van der Waals surface area contributed by atoms with E-state index in [9.17, 15) is 27.9 Å². The molecule has 0 aliphatic carbocycles. The number of halogens is 1. The van der Waals surface area contributed by atoms with E-state index in [1.165, 1.54) is 12.1 Å². The number of hydrogen-bond donors (Lipinski definition) is 2. The minimum atomic E-state index is -3.44. The number of hydrogen-bond acceptors (Lipinski definition) is 7. The monoisotopic (exact) mass is 637 g/mol. The number of nitrogens with one attached hydrogen (secondary N) is 1. The second kappa shape index (κ2) is 13.3. The third-order valence-corrected chi connectivity index (χ3v) is 8.95. The van der Waals surface area contributed by atoms with Gasteiger partial charge in [-0.25, -0.2) is 13.2 Å². The number of aromatic carboxylic acids is 1.